The van der Waals surface area contributed by atoms with Gasteiger partial charge in [0.25, 0.3) is 0 Å². The summed E-state index contributed by atoms with van der Waals surface area (Å²) in [6, 6.07) is 5.48. The SMILES string of the molecule is CC(C)[O-].CC(C)[O-].CC(C)[O-].Cc1ccc([O-])c(C(C)(C)C)c1.[Ti+4]. The summed E-state index contributed by atoms with van der Waals surface area (Å²) in [5.74, 6) is 0.146. The van der Waals surface area contributed by atoms with Crippen LogP contribution in [0.2, 0.25) is 0 Å². The van der Waals surface area contributed by atoms with Gasteiger partial charge in [0.15, 0.2) is 0 Å². The molecule has 0 radical (unpaired) electrons. The zero-order valence-corrected chi connectivity index (χ0v) is 19.2. The topological polar surface area (TPSA) is 92.2 Å². The summed E-state index contributed by atoms with van der Waals surface area (Å²) in [6.45, 7) is 17.9. The van der Waals surface area contributed by atoms with E-state index in [4.69, 9.17) is 0 Å². The van der Waals surface area contributed by atoms with Gasteiger partial charge in [-0.15, -0.1) is 24.1 Å². The maximum absolute atomic E-state index is 11.4. The minimum Gasteiger partial charge on any atom is -0.872 e. The number of benzene rings is 1. The molecule has 0 atom stereocenters. The van der Waals surface area contributed by atoms with Gasteiger partial charge in [-0.3, -0.25) is 0 Å². The quantitative estimate of drug-likeness (QED) is 0.632. The van der Waals surface area contributed by atoms with E-state index in [2.05, 4.69) is 20.8 Å². The third-order valence-corrected chi connectivity index (χ3v) is 1.94. The average molecular weight is 388 g/mol. The summed E-state index contributed by atoms with van der Waals surface area (Å²) in [4.78, 5) is 0. The van der Waals surface area contributed by atoms with Crippen LogP contribution in [0.5, 0.6) is 5.75 Å². The monoisotopic (exact) mass is 388 g/mol. The molecule has 0 saturated heterocycles. The molecule has 1 rings (SSSR count). The van der Waals surface area contributed by atoms with Crippen LogP contribution in [0.4, 0.5) is 0 Å². The summed E-state index contributed by atoms with van der Waals surface area (Å²) in [7, 11) is 0. The van der Waals surface area contributed by atoms with Crippen molar-refractivity contribution in [3.05, 3.63) is 29.3 Å². The normalized spacial score (nSPS) is 9.92. The van der Waals surface area contributed by atoms with Gasteiger partial charge in [0.1, 0.15) is 0 Å². The number of hydrogen-bond donors (Lipinski definition) is 0. The van der Waals surface area contributed by atoms with Crippen molar-refractivity contribution in [3.63, 3.8) is 0 Å². The molecule has 0 heterocycles. The van der Waals surface area contributed by atoms with Gasteiger partial charge in [0.2, 0.25) is 0 Å². The third-order valence-electron chi connectivity index (χ3n) is 1.94. The van der Waals surface area contributed by atoms with E-state index in [1.54, 1.807) is 47.6 Å². The van der Waals surface area contributed by atoms with Crippen molar-refractivity contribution < 1.29 is 42.1 Å². The van der Waals surface area contributed by atoms with E-state index in [1.165, 1.54) is 0 Å². The van der Waals surface area contributed by atoms with E-state index >= 15 is 0 Å². The fraction of sp³-hybridized carbons (Fsp3) is 0.700. The molecule has 0 unspecified atom stereocenters. The van der Waals surface area contributed by atoms with Gasteiger partial charge in [-0.25, -0.2) is 0 Å². The summed E-state index contributed by atoms with van der Waals surface area (Å²) in [6.07, 6.45) is -1.25. The Bertz CT molecular complexity index is 388. The Balaban J connectivity index is -0.000000142. The Labute approximate surface area is 170 Å². The van der Waals surface area contributed by atoms with Crippen molar-refractivity contribution in [1.29, 1.82) is 0 Å². The van der Waals surface area contributed by atoms with E-state index in [0.717, 1.165) is 11.1 Å². The van der Waals surface area contributed by atoms with Crippen LogP contribution in [0.1, 0.15) is 73.4 Å². The number of rotatable bonds is 0. The second-order valence-electron chi connectivity index (χ2n) is 7.40. The molecule has 0 aliphatic heterocycles. The smallest absolute Gasteiger partial charge is 0.872 e. The first-order valence-electron chi connectivity index (χ1n) is 8.36. The Morgan fingerprint density at radius 3 is 1.24 bits per heavy atom. The number of aryl methyl sites for hydroxylation is 1. The zero-order valence-electron chi connectivity index (χ0n) is 17.6. The van der Waals surface area contributed by atoms with Crippen LogP contribution < -0.4 is 20.4 Å². The summed E-state index contributed by atoms with van der Waals surface area (Å²) < 4.78 is 0. The first-order valence-corrected chi connectivity index (χ1v) is 8.36. The van der Waals surface area contributed by atoms with Gasteiger partial charge in [-0.05, 0) is 12.3 Å². The largest absolute Gasteiger partial charge is 4.00 e. The van der Waals surface area contributed by atoms with Gasteiger partial charge in [0, 0.05) is 0 Å². The van der Waals surface area contributed by atoms with Gasteiger partial charge in [-0.1, -0.05) is 91.6 Å². The molecule has 0 spiro atoms. The summed E-state index contributed by atoms with van der Waals surface area (Å²) in [5, 5.41) is 40.0. The predicted molar refractivity (Wildman–Crippen MR) is 94.7 cm³/mol. The van der Waals surface area contributed by atoms with Crippen LogP contribution >= 0.6 is 0 Å². The van der Waals surface area contributed by atoms with Crippen molar-refractivity contribution in [1.82, 2.24) is 0 Å². The van der Waals surface area contributed by atoms with Crippen molar-refractivity contribution in [3.8, 4) is 5.75 Å². The molecule has 0 bridgehead atoms. The van der Waals surface area contributed by atoms with E-state index in [9.17, 15) is 20.4 Å². The average Bonchev–Trinajstić information content (AvgIpc) is 2.28. The van der Waals surface area contributed by atoms with Crippen LogP contribution in [-0.4, -0.2) is 18.3 Å². The molecular formula is C20H36O4Ti. The first kappa shape index (κ1) is 32.3. The molecule has 5 heteroatoms. The molecule has 25 heavy (non-hydrogen) atoms. The molecular weight excluding hydrogens is 352 g/mol. The van der Waals surface area contributed by atoms with Crippen molar-refractivity contribution >= 4 is 0 Å². The predicted octanol–water partition coefficient (Wildman–Crippen LogP) is 1.63. The molecule has 0 aromatic heterocycles. The minimum atomic E-state index is -0.417. The Morgan fingerprint density at radius 1 is 0.760 bits per heavy atom. The maximum Gasteiger partial charge on any atom is 4.00 e. The number of hydrogen-bond acceptors (Lipinski definition) is 4. The van der Waals surface area contributed by atoms with Crippen LogP contribution in [0.3, 0.4) is 0 Å². The van der Waals surface area contributed by atoms with E-state index in [0.29, 0.717) is 0 Å². The van der Waals surface area contributed by atoms with Gasteiger partial charge in [0.05, 0.1) is 0 Å². The van der Waals surface area contributed by atoms with Crippen LogP contribution in [0.25, 0.3) is 0 Å². The fourth-order valence-corrected chi connectivity index (χ4v) is 1.23. The molecule has 0 aliphatic carbocycles. The molecule has 4 nitrogen and oxygen atoms in total. The second-order valence-corrected chi connectivity index (χ2v) is 7.40. The van der Waals surface area contributed by atoms with E-state index in [1.807, 2.05) is 19.1 Å². The minimum absolute atomic E-state index is 0. The molecule has 144 valence electrons. The maximum atomic E-state index is 11.4. The molecule has 1 aromatic carbocycles. The molecule has 0 aliphatic rings. The van der Waals surface area contributed by atoms with Gasteiger partial charge < -0.3 is 20.4 Å². The van der Waals surface area contributed by atoms with Crippen molar-refractivity contribution in [2.24, 2.45) is 0 Å². The third kappa shape index (κ3) is 31.8. The van der Waals surface area contributed by atoms with Crippen LogP contribution in [0.15, 0.2) is 18.2 Å². The molecule has 0 saturated carbocycles. The van der Waals surface area contributed by atoms with Crippen molar-refractivity contribution in [2.45, 2.75) is 93.0 Å². The van der Waals surface area contributed by atoms with Gasteiger partial charge in [-0.2, -0.15) is 0 Å². The second kappa shape index (κ2) is 17.0. The molecule has 1 aromatic rings. The molecule has 0 fully saturated rings. The van der Waals surface area contributed by atoms with Gasteiger partial charge >= 0.3 is 21.7 Å². The Hall–Kier alpha value is -0.386. The standard InChI is InChI=1S/C11H16O.3C3H7O.Ti/c1-8-5-6-10(12)9(7-8)11(2,3)4;3*1-3(2)4;/h5-7,12H,1-4H3;3*3H,1-2H3;/q;3*-1;+4/p-1. The van der Waals surface area contributed by atoms with Crippen LogP contribution in [0, 0.1) is 6.92 Å². The van der Waals surface area contributed by atoms with Crippen LogP contribution in [-0.2, 0) is 27.1 Å². The fourth-order valence-electron chi connectivity index (χ4n) is 1.23. The summed E-state index contributed by atoms with van der Waals surface area (Å²) in [5.41, 5.74) is 2.02. The van der Waals surface area contributed by atoms with Crippen molar-refractivity contribution in [2.75, 3.05) is 0 Å². The Morgan fingerprint density at radius 2 is 1.04 bits per heavy atom. The first-order chi connectivity index (χ1) is 10.6. The molecule has 0 N–H and O–H groups in total. The van der Waals surface area contributed by atoms with E-state index < -0.39 is 18.3 Å². The zero-order chi connectivity index (χ0) is 20.1. The molecule has 0 amide bonds. The summed E-state index contributed by atoms with van der Waals surface area (Å²) >= 11 is 0. The van der Waals surface area contributed by atoms with E-state index in [-0.39, 0.29) is 32.9 Å². The Kier molecular flexibility index (Phi) is 22.0.